The van der Waals surface area contributed by atoms with Gasteiger partial charge in [0.1, 0.15) is 11.4 Å². The van der Waals surface area contributed by atoms with E-state index in [1.165, 1.54) is 0 Å². The molecule has 6 nitrogen and oxygen atoms in total. The average Bonchev–Trinajstić information content (AvgIpc) is 3.18. The van der Waals surface area contributed by atoms with Crippen LogP contribution in [0.15, 0.2) is 66.7 Å². The first kappa shape index (κ1) is 25.2. The molecular formula is C30H33N3O3. The number of hydrogen-bond donors (Lipinski definition) is 1. The monoisotopic (exact) mass is 483 g/mol. The molecule has 0 saturated heterocycles. The van der Waals surface area contributed by atoms with Gasteiger partial charge in [-0.1, -0.05) is 55.8 Å². The molecule has 0 atom stereocenters. The number of unbranched alkanes of at least 4 members (excludes halogenated alkanes) is 1. The van der Waals surface area contributed by atoms with E-state index in [1.807, 2.05) is 75.4 Å². The highest BCUT2D eigenvalue weighted by atomic mass is 16.6. The number of primary amides is 1. The van der Waals surface area contributed by atoms with Gasteiger partial charge >= 0.3 is 5.97 Å². The molecule has 0 spiro atoms. The molecule has 0 fully saturated rings. The molecule has 0 saturated carbocycles. The van der Waals surface area contributed by atoms with E-state index in [0.29, 0.717) is 17.7 Å². The Hall–Kier alpha value is -3.93. The van der Waals surface area contributed by atoms with E-state index < -0.39 is 11.5 Å². The number of fused-ring (bicyclic) bond motifs is 1. The number of carbonyl (C=O) groups excluding carboxylic acids is 2. The SMILES string of the molecule is CCCCc1nc2cc(C(N)=O)ccc2n1Cc1ccc(-c2ccccc2)c(C(=O)OC(C)(C)C)c1. The molecule has 0 aliphatic heterocycles. The molecular weight excluding hydrogens is 450 g/mol. The van der Waals surface area contributed by atoms with Crippen molar-refractivity contribution in [1.82, 2.24) is 9.55 Å². The van der Waals surface area contributed by atoms with E-state index in [4.69, 9.17) is 15.5 Å². The van der Waals surface area contributed by atoms with Gasteiger partial charge in [-0.15, -0.1) is 0 Å². The average molecular weight is 484 g/mol. The Morgan fingerprint density at radius 1 is 1.00 bits per heavy atom. The van der Waals surface area contributed by atoms with E-state index in [2.05, 4.69) is 11.5 Å². The van der Waals surface area contributed by atoms with Crippen molar-refractivity contribution in [3.8, 4) is 11.1 Å². The number of nitrogens with two attached hydrogens (primary N) is 1. The van der Waals surface area contributed by atoms with Crippen LogP contribution in [0.4, 0.5) is 0 Å². The minimum absolute atomic E-state index is 0.351. The van der Waals surface area contributed by atoms with Crippen LogP contribution in [0.2, 0.25) is 0 Å². The fourth-order valence-electron chi connectivity index (χ4n) is 4.28. The molecule has 1 aromatic heterocycles. The van der Waals surface area contributed by atoms with E-state index in [9.17, 15) is 9.59 Å². The van der Waals surface area contributed by atoms with Crippen molar-refractivity contribution < 1.29 is 14.3 Å². The third kappa shape index (κ3) is 5.65. The molecule has 2 N–H and O–H groups in total. The smallest absolute Gasteiger partial charge is 0.339 e. The Bertz CT molecular complexity index is 1400. The second-order valence-electron chi connectivity index (χ2n) is 10.0. The maximum atomic E-state index is 13.2. The summed E-state index contributed by atoms with van der Waals surface area (Å²) < 4.78 is 7.92. The summed E-state index contributed by atoms with van der Waals surface area (Å²) in [6, 6.07) is 21.2. The van der Waals surface area contributed by atoms with Gasteiger partial charge in [0.25, 0.3) is 0 Å². The lowest BCUT2D eigenvalue weighted by atomic mass is 9.97. The third-order valence-corrected chi connectivity index (χ3v) is 5.99. The Labute approximate surface area is 212 Å². The number of rotatable bonds is 8. The summed E-state index contributed by atoms with van der Waals surface area (Å²) in [5.41, 5.74) is 10.3. The molecule has 4 aromatic rings. The predicted octanol–water partition coefficient (Wildman–Crippen LogP) is 6.15. The summed E-state index contributed by atoms with van der Waals surface area (Å²) in [6.07, 6.45) is 2.87. The molecule has 0 bridgehead atoms. The second-order valence-corrected chi connectivity index (χ2v) is 10.0. The summed E-state index contributed by atoms with van der Waals surface area (Å²) in [5.74, 6) is 0.121. The van der Waals surface area contributed by atoms with Crippen LogP contribution in [0, 0.1) is 0 Å². The van der Waals surface area contributed by atoms with Crippen molar-refractivity contribution in [2.24, 2.45) is 5.73 Å². The third-order valence-electron chi connectivity index (χ3n) is 5.99. The molecule has 36 heavy (non-hydrogen) atoms. The minimum Gasteiger partial charge on any atom is -0.456 e. The van der Waals surface area contributed by atoms with Crippen LogP contribution >= 0.6 is 0 Å². The van der Waals surface area contributed by atoms with Gasteiger partial charge < -0.3 is 15.0 Å². The van der Waals surface area contributed by atoms with E-state index >= 15 is 0 Å². The Morgan fingerprint density at radius 3 is 2.42 bits per heavy atom. The fraction of sp³-hybridized carbons (Fsp3) is 0.300. The minimum atomic E-state index is -0.604. The number of amides is 1. The van der Waals surface area contributed by atoms with Crippen molar-refractivity contribution in [3.05, 3.63) is 89.2 Å². The summed E-state index contributed by atoms with van der Waals surface area (Å²) in [4.78, 5) is 29.8. The van der Waals surface area contributed by atoms with Crippen molar-refractivity contribution in [2.45, 2.75) is 59.1 Å². The van der Waals surface area contributed by atoms with Gasteiger partial charge in [-0.05, 0) is 68.1 Å². The van der Waals surface area contributed by atoms with Gasteiger partial charge in [-0.3, -0.25) is 4.79 Å². The van der Waals surface area contributed by atoms with Crippen LogP contribution in [0.3, 0.4) is 0 Å². The number of ether oxygens (including phenoxy) is 1. The van der Waals surface area contributed by atoms with E-state index in [1.54, 1.807) is 12.1 Å². The zero-order valence-corrected chi connectivity index (χ0v) is 21.4. The first-order valence-electron chi connectivity index (χ1n) is 12.4. The fourth-order valence-corrected chi connectivity index (χ4v) is 4.28. The predicted molar refractivity (Wildman–Crippen MR) is 143 cm³/mol. The first-order chi connectivity index (χ1) is 17.2. The molecule has 0 aliphatic carbocycles. The molecule has 0 radical (unpaired) electrons. The zero-order chi connectivity index (χ0) is 25.9. The first-order valence-corrected chi connectivity index (χ1v) is 12.4. The summed E-state index contributed by atoms with van der Waals surface area (Å²) >= 11 is 0. The molecule has 186 valence electrons. The van der Waals surface area contributed by atoms with Crippen LogP contribution in [0.25, 0.3) is 22.2 Å². The number of hydrogen-bond acceptors (Lipinski definition) is 4. The van der Waals surface area contributed by atoms with Crippen molar-refractivity contribution in [1.29, 1.82) is 0 Å². The summed E-state index contributed by atoms with van der Waals surface area (Å²) in [6.45, 7) is 8.29. The highest BCUT2D eigenvalue weighted by Gasteiger charge is 2.22. The van der Waals surface area contributed by atoms with Crippen LogP contribution < -0.4 is 5.73 Å². The number of carbonyl (C=O) groups is 2. The Kier molecular flexibility index (Phi) is 7.25. The molecule has 1 amide bonds. The molecule has 3 aromatic carbocycles. The maximum Gasteiger partial charge on any atom is 0.339 e. The van der Waals surface area contributed by atoms with E-state index in [-0.39, 0.29) is 5.97 Å². The number of imidazole rings is 1. The zero-order valence-electron chi connectivity index (χ0n) is 21.4. The number of aromatic nitrogens is 2. The van der Waals surface area contributed by atoms with Crippen molar-refractivity contribution in [3.63, 3.8) is 0 Å². The molecule has 1 heterocycles. The van der Waals surface area contributed by atoms with Gasteiger partial charge in [-0.25, -0.2) is 9.78 Å². The van der Waals surface area contributed by atoms with Crippen molar-refractivity contribution >= 4 is 22.9 Å². The topological polar surface area (TPSA) is 87.2 Å². The largest absolute Gasteiger partial charge is 0.456 e. The normalized spacial score (nSPS) is 11.6. The lowest BCUT2D eigenvalue weighted by Gasteiger charge is -2.21. The highest BCUT2D eigenvalue weighted by Crippen LogP contribution is 2.28. The van der Waals surface area contributed by atoms with Crippen LogP contribution in [0.1, 0.15) is 72.6 Å². The second kappa shape index (κ2) is 10.4. The molecule has 0 aliphatic rings. The van der Waals surface area contributed by atoms with Crippen molar-refractivity contribution in [2.75, 3.05) is 0 Å². The highest BCUT2D eigenvalue weighted by molar-refractivity contribution is 5.98. The van der Waals surface area contributed by atoms with Crippen LogP contribution in [0.5, 0.6) is 0 Å². The molecule has 4 rings (SSSR count). The number of aryl methyl sites for hydroxylation is 1. The summed E-state index contributed by atoms with van der Waals surface area (Å²) in [5, 5.41) is 0. The lowest BCUT2D eigenvalue weighted by molar-refractivity contribution is 0.00702. The molecule has 6 heteroatoms. The lowest BCUT2D eigenvalue weighted by Crippen LogP contribution is -2.24. The standard InChI is InChI=1S/C30H33N3O3/c1-5-6-12-27-32-25-18-22(28(31)34)14-16-26(25)33(27)19-20-13-15-23(21-10-8-7-9-11-21)24(17-20)29(35)36-30(2,3)4/h7-11,13-18H,5-6,12,19H2,1-4H3,(H2,31,34). The van der Waals surface area contributed by atoms with Gasteiger partial charge in [0.2, 0.25) is 5.91 Å². The molecule has 0 unspecified atom stereocenters. The maximum absolute atomic E-state index is 13.2. The Balaban J connectivity index is 1.79. The van der Waals surface area contributed by atoms with Crippen LogP contribution in [-0.2, 0) is 17.7 Å². The Morgan fingerprint density at radius 2 is 1.75 bits per heavy atom. The van der Waals surface area contributed by atoms with Gasteiger partial charge in [0.15, 0.2) is 0 Å². The van der Waals surface area contributed by atoms with Gasteiger partial charge in [0.05, 0.1) is 16.6 Å². The quantitative estimate of drug-likeness (QED) is 0.305. The van der Waals surface area contributed by atoms with E-state index in [0.717, 1.165) is 52.8 Å². The van der Waals surface area contributed by atoms with Gasteiger partial charge in [0, 0.05) is 18.5 Å². The summed E-state index contributed by atoms with van der Waals surface area (Å²) in [7, 11) is 0. The number of esters is 1. The number of benzene rings is 3. The number of nitrogens with zero attached hydrogens (tertiary/aromatic N) is 2. The van der Waals surface area contributed by atoms with Crippen LogP contribution in [-0.4, -0.2) is 27.0 Å². The van der Waals surface area contributed by atoms with Gasteiger partial charge in [-0.2, -0.15) is 0 Å².